The Bertz CT molecular complexity index is 975. The molecule has 30 heavy (non-hydrogen) atoms. The lowest BCUT2D eigenvalue weighted by Gasteiger charge is -2.34. The van der Waals surface area contributed by atoms with Gasteiger partial charge in [-0.05, 0) is 77.5 Å². The molecular weight excluding hydrogens is 476 g/mol. The molecule has 10 heteroatoms. The molecule has 1 aliphatic heterocycles. The zero-order valence-electron chi connectivity index (χ0n) is 16.2. The van der Waals surface area contributed by atoms with Gasteiger partial charge in [0.2, 0.25) is 0 Å². The molecule has 0 aliphatic carbocycles. The molecule has 2 heterocycles. The fourth-order valence-electron chi connectivity index (χ4n) is 3.42. The molecule has 0 bridgehead atoms. The van der Waals surface area contributed by atoms with Crippen LogP contribution in [0.2, 0.25) is 0 Å². The number of hydrogen-bond donors (Lipinski definition) is 2. The number of pyridine rings is 1. The second kappa shape index (κ2) is 9.86. The Balaban J connectivity index is 1.64. The molecule has 0 unspecified atom stereocenters. The molecule has 162 valence electrons. The van der Waals surface area contributed by atoms with Crippen LogP contribution in [-0.4, -0.2) is 49.1 Å². The predicted molar refractivity (Wildman–Crippen MR) is 112 cm³/mol. The van der Waals surface area contributed by atoms with Crippen molar-refractivity contribution >= 4 is 31.7 Å². The van der Waals surface area contributed by atoms with Crippen molar-refractivity contribution in [2.45, 2.75) is 35.3 Å². The maximum atomic E-state index is 13.2. The minimum atomic E-state index is -4.04. The van der Waals surface area contributed by atoms with Gasteiger partial charge in [-0.15, -0.1) is 0 Å². The van der Waals surface area contributed by atoms with E-state index in [1.807, 2.05) is 6.07 Å². The van der Waals surface area contributed by atoms with Gasteiger partial charge in [0.15, 0.2) is 14.6 Å². The summed E-state index contributed by atoms with van der Waals surface area (Å²) >= 11 is 3.39. The first-order valence-electron chi connectivity index (χ1n) is 9.48. The summed E-state index contributed by atoms with van der Waals surface area (Å²) in [5, 5.41) is 9.09. The lowest BCUT2D eigenvalue weighted by Crippen LogP contribution is -2.54. The largest absolute Gasteiger partial charge is 0.494 e. The zero-order valence-corrected chi connectivity index (χ0v) is 18.6. The van der Waals surface area contributed by atoms with E-state index < -0.39 is 20.5 Å². The van der Waals surface area contributed by atoms with E-state index in [4.69, 9.17) is 14.7 Å². The van der Waals surface area contributed by atoms with Crippen LogP contribution in [0.1, 0.15) is 24.8 Å². The molecule has 1 saturated heterocycles. The number of nitrogens with zero attached hydrogens (tertiary/aromatic N) is 1. The maximum Gasteiger partial charge on any atom is 0.265 e. The van der Waals surface area contributed by atoms with E-state index in [1.165, 1.54) is 17.6 Å². The Morgan fingerprint density at radius 1 is 1.23 bits per heavy atom. The summed E-state index contributed by atoms with van der Waals surface area (Å²) in [4.78, 5) is 16.4. The van der Waals surface area contributed by atoms with Gasteiger partial charge in [-0.25, -0.2) is 13.9 Å². The number of carbonyl (C=O) groups is 1. The average molecular weight is 499 g/mol. The molecule has 8 nitrogen and oxygen atoms in total. The number of aryl methyl sites for hydroxylation is 1. The van der Waals surface area contributed by atoms with Gasteiger partial charge in [0.25, 0.3) is 5.91 Å². The number of hydroxylamine groups is 1. The van der Waals surface area contributed by atoms with Crippen molar-refractivity contribution < 1.29 is 27.9 Å². The molecule has 2 N–H and O–H groups in total. The van der Waals surface area contributed by atoms with Crippen molar-refractivity contribution in [1.82, 2.24) is 10.5 Å². The van der Waals surface area contributed by atoms with Gasteiger partial charge >= 0.3 is 0 Å². The van der Waals surface area contributed by atoms with E-state index in [2.05, 4.69) is 20.9 Å². The summed E-state index contributed by atoms with van der Waals surface area (Å²) in [7, 11) is -4.04. The molecule has 1 aromatic carbocycles. The topological polar surface area (TPSA) is 115 Å². The Labute approximate surface area is 183 Å². The van der Waals surface area contributed by atoms with Crippen LogP contribution in [0.25, 0.3) is 0 Å². The van der Waals surface area contributed by atoms with Crippen LogP contribution in [0, 0.1) is 0 Å². The van der Waals surface area contributed by atoms with Crippen molar-refractivity contribution in [2.24, 2.45) is 0 Å². The first-order chi connectivity index (χ1) is 14.4. The van der Waals surface area contributed by atoms with Crippen LogP contribution < -0.4 is 10.2 Å². The summed E-state index contributed by atoms with van der Waals surface area (Å²) in [5.41, 5.74) is 2.60. The molecule has 0 radical (unpaired) electrons. The lowest BCUT2D eigenvalue weighted by atomic mass is 9.98. The number of halogens is 1. The average Bonchev–Trinajstić information content (AvgIpc) is 2.77. The minimum Gasteiger partial charge on any atom is -0.494 e. The first kappa shape index (κ1) is 22.7. The number of carbonyl (C=O) groups excluding carboxylic acids is 1. The van der Waals surface area contributed by atoms with Gasteiger partial charge in [0.05, 0.1) is 11.5 Å². The lowest BCUT2D eigenvalue weighted by molar-refractivity contribution is -0.134. The van der Waals surface area contributed by atoms with Crippen molar-refractivity contribution in [3.05, 3.63) is 52.8 Å². The summed E-state index contributed by atoms with van der Waals surface area (Å²) in [5.74, 6) is -0.401. The third kappa shape index (κ3) is 4.83. The minimum absolute atomic E-state index is 0.000519. The molecule has 2 aromatic rings. The number of nitrogens with one attached hydrogen (secondary N) is 1. The second-order valence-corrected chi connectivity index (χ2v) is 10.2. The van der Waals surface area contributed by atoms with E-state index in [0.717, 1.165) is 22.9 Å². The summed E-state index contributed by atoms with van der Waals surface area (Å²) in [6.45, 7) is 0.718. The molecule has 1 aromatic heterocycles. The second-order valence-electron chi connectivity index (χ2n) is 6.99. The van der Waals surface area contributed by atoms with E-state index in [-0.39, 0.29) is 31.0 Å². The molecule has 1 amide bonds. The van der Waals surface area contributed by atoms with Crippen molar-refractivity contribution in [3.8, 4) is 5.75 Å². The number of benzene rings is 1. The molecular formula is C20H23BrN2O6S. The van der Waals surface area contributed by atoms with Gasteiger partial charge < -0.3 is 9.47 Å². The third-order valence-electron chi connectivity index (χ3n) is 5.10. The SMILES string of the molecule is O=C(NO)C1(S(=O)(=O)c2ccc(OCCCc3cncc(Br)c3)cc2)CCOCC1. The van der Waals surface area contributed by atoms with Crippen molar-refractivity contribution in [2.75, 3.05) is 19.8 Å². The van der Waals surface area contributed by atoms with Crippen molar-refractivity contribution in [3.63, 3.8) is 0 Å². The highest BCUT2D eigenvalue weighted by atomic mass is 79.9. The van der Waals surface area contributed by atoms with Crippen molar-refractivity contribution in [1.29, 1.82) is 0 Å². The number of amides is 1. The van der Waals surface area contributed by atoms with E-state index in [1.54, 1.807) is 24.5 Å². The molecule has 0 saturated carbocycles. The Morgan fingerprint density at radius 2 is 1.93 bits per heavy atom. The van der Waals surface area contributed by atoms with Gasteiger partial charge in [-0.1, -0.05) is 0 Å². The Morgan fingerprint density at radius 3 is 2.57 bits per heavy atom. The summed E-state index contributed by atoms with van der Waals surface area (Å²) < 4.78 is 36.5. The summed E-state index contributed by atoms with van der Waals surface area (Å²) in [6.07, 6.45) is 5.07. The molecule has 1 aliphatic rings. The van der Waals surface area contributed by atoms with E-state index >= 15 is 0 Å². The van der Waals surface area contributed by atoms with Gasteiger partial charge in [0.1, 0.15) is 5.75 Å². The standard InChI is InChI=1S/C20H23BrN2O6S/c21-16-12-15(13-22-14-16)2-1-9-29-17-3-5-18(6-4-17)30(26,27)20(19(24)23-25)7-10-28-11-8-20/h3-6,12-14,25H,1-2,7-11H2,(H,23,24). The predicted octanol–water partition coefficient (Wildman–Crippen LogP) is 2.68. The normalized spacial score (nSPS) is 16.1. The van der Waals surface area contributed by atoms with E-state index in [9.17, 15) is 13.2 Å². The monoisotopic (exact) mass is 498 g/mol. The highest BCUT2D eigenvalue weighted by Crippen LogP contribution is 2.35. The van der Waals surface area contributed by atoms with Crippen LogP contribution >= 0.6 is 15.9 Å². The molecule has 0 spiro atoms. The van der Waals surface area contributed by atoms with E-state index in [0.29, 0.717) is 12.4 Å². The number of aromatic nitrogens is 1. The molecule has 1 fully saturated rings. The molecule has 3 rings (SSSR count). The number of hydrogen-bond acceptors (Lipinski definition) is 7. The quantitative estimate of drug-likeness (QED) is 0.326. The van der Waals surface area contributed by atoms with Crippen LogP contribution in [0.4, 0.5) is 0 Å². The summed E-state index contributed by atoms with van der Waals surface area (Å²) in [6, 6.07) is 7.98. The van der Waals surface area contributed by atoms with Crippen LogP contribution in [-0.2, 0) is 25.8 Å². The Hall–Kier alpha value is -2.01. The highest BCUT2D eigenvalue weighted by molar-refractivity contribution is 9.10. The fourth-order valence-corrected chi connectivity index (χ4v) is 5.77. The van der Waals surface area contributed by atoms with Gasteiger partial charge in [-0.3, -0.25) is 15.0 Å². The maximum absolute atomic E-state index is 13.2. The number of sulfone groups is 1. The number of ether oxygens (including phenoxy) is 2. The smallest absolute Gasteiger partial charge is 0.265 e. The Kier molecular flexibility index (Phi) is 7.45. The van der Waals surface area contributed by atoms with Crippen LogP contribution in [0.5, 0.6) is 5.75 Å². The zero-order chi connectivity index (χ0) is 21.6. The molecule has 0 atom stereocenters. The van der Waals surface area contributed by atoms with Gasteiger partial charge in [-0.2, -0.15) is 0 Å². The van der Waals surface area contributed by atoms with Crippen LogP contribution in [0.3, 0.4) is 0 Å². The van der Waals surface area contributed by atoms with Crippen LogP contribution in [0.15, 0.2) is 52.1 Å². The van der Waals surface area contributed by atoms with Gasteiger partial charge in [0, 0.05) is 30.1 Å². The fraction of sp³-hybridized carbons (Fsp3) is 0.400. The number of rotatable bonds is 8. The first-order valence-corrected chi connectivity index (χ1v) is 11.8. The third-order valence-corrected chi connectivity index (χ3v) is 8.05. The highest BCUT2D eigenvalue weighted by Gasteiger charge is 2.52.